The molecular weight excluding hydrogens is 292 g/mol. The molecule has 3 aromatic heterocycles. The Morgan fingerprint density at radius 3 is 2.70 bits per heavy atom. The third-order valence-electron chi connectivity index (χ3n) is 4.95. The Kier molecular flexibility index (Phi) is 2.69. The molecule has 1 fully saturated rings. The maximum atomic E-state index is 9.30. The van der Waals surface area contributed by atoms with Gasteiger partial charge in [0.05, 0.1) is 11.7 Å². The van der Waals surface area contributed by atoms with E-state index in [2.05, 4.69) is 33.9 Å². The van der Waals surface area contributed by atoms with E-state index in [1.807, 2.05) is 4.57 Å². The Hall–Kier alpha value is -2.18. The minimum atomic E-state index is -1.52. The Balaban J connectivity index is 1.54. The van der Waals surface area contributed by atoms with Crippen molar-refractivity contribution in [1.82, 2.24) is 18.9 Å². The molecule has 0 radical (unpaired) electrons. The van der Waals surface area contributed by atoms with Gasteiger partial charge in [0.1, 0.15) is 17.2 Å². The number of hydrogen-bond donors (Lipinski definition) is 2. The van der Waals surface area contributed by atoms with Crippen LogP contribution < -0.4 is 0 Å². The molecule has 0 bridgehead atoms. The van der Waals surface area contributed by atoms with Crippen LogP contribution in [0.2, 0.25) is 0 Å². The van der Waals surface area contributed by atoms with Gasteiger partial charge in [-0.15, -0.1) is 0 Å². The fourth-order valence-corrected chi connectivity index (χ4v) is 3.57. The molecule has 1 atom stereocenters. The minimum Gasteiger partial charge on any atom is -0.363 e. The van der Waals surface area contributed by atoms with Crippen LogP contribution in [0, 0.1) is 0 Å². The highest BCUT2D eigenvalue weighted by Gasteiger charge is 2.29. The van der Waals surface area contributed by atoms with Crippen LogP contribution in [0.5, 0.6) is 0 Å². The molecule has 1 aliphatic heterocycles. The van der Waals surface area contributed by atoms with Gasteiger partial charge in [-0.3, -0.25) is 0 Å². The van der Waals surface area contributed by atoms with Gasteiger partial charge in [-0.05, 0) is 36.8 Å². The molecule has 118 valence electrons. The van der Waals surface area contributed by atoms with E-state index < -0.39 is 6.29 Å². The summed E-state index contributed by atoms with van der Waals surface area (Å²) >= 11 is 0. The first-order chi connectivity index (χ1) is 11.2. The first kappa shape index (κ1) is 13.3. The lowest BCUT2D eigenvalue weighted by molar-refractivity contribution is -0.0457. The van der Waals surface area contributed by atoms with E-state index in [0.29, 0.717) is 5.69 Å². The number of aromatic nitrogens is 4. The fourth-order valence-electron chi connectivity index (χ4n) is 3.57. The van der Waals surface area contributed by atoms with Crippen molar-refractivity contribution in [2.24, 2.45) is 0 Å². The summed E-state index contributed by atoms with van der Waals surface area (Å²) in [5, 5.41) is 18.6. The Labute approximate surface area is 133 Å². The number of aryl methyl sites for hydroxylation is 1. The summed E-state index contributed by atoms with van der Waals surface area (Å²) < 4.78 is 4.14. The summed E-state index contributed by atoms with van der Waals surface area (Å²) in [5.74, 6) is 1.62. The molecule has 6 nitrogen and oxygen atoms in total. The molecule has 5 rings (SSSR count). The number of aliphatic hydroxyl groups excluding tert-OH is 1. The standard InChI is InChI=1S/C17H18N4O2/c22-17(23)13-9-21-14(4-6-16(21)19-13)12-8-20-7-11(10-1-2-10)3-5-15(20)18-12/h3,5,7-10,14,17,22-23H,1-2,4,6H2. The molecule has 0 aromatic carbocycles. The van der Waals surface area contributed by atoms with Gasteiger partial charge in [-0.2, -0.15) is 0 Å². The summed E-state index contributed by atoms with van der Waals surface area (Å²) in [7, 11) is 0. The molecule has 1 aliphatic carbocycles. The smallest absolute Gasteiger partial charge is 0.197 e. The van der Waals surface area contributed by atoms with E-state index in [1.165, 1.54) is 18.4 Å². The summed E-state index contributed by atoms with van der Waals surface area (Å²) in [5.41, 5.74) is 3.67. The largest absolute Gasteiger partial charge is 0.363 e. The quantitative estimate of drug-likeness (QED) is 0.725. The summed E-state index contributed by atoms with van der Waals surface area (Å²) in [6.07, 6.45) is 8.86. The van der Waals surface area contributed by atoms with Gasteiger partial charge >= 0.3 is 0 Å². The van der Waals surface area contributed by atoms with Gasteiger partial charge < -0.3 is 19.2 Å². The van der Waals surface area contributed by atoms with E-state index in [9.17, 15) is 10.2 Å². The predicted molar refractivity (Wildman–Crippen MR) is 83.0 cm³/mol. The van der Waals surface area contributed by atoms with E-state index in [0.717, 1.165) is 35.9 Å². The highest BCUT2D eigenvalue weighted by atomic mass is 16.5. The number of nitrogens with zero attached hydrogens (tertiary/aromatic N) is 4. The van der Waals surface area contributed by atoms with Crippen molar-refractivity contribution in [3.63, 3.8) is 0 Å². The second-order valence-electron chi connectivity index (χ2n) is 6.59. The molecule has 0 spiro atoms. The van der Waals surface area contributed by atoms with E-state index >= 15 is 0 Å². The molecule has 0 saturated heterocycles. The van der Waals surface area contributed by atoms with Crippen LogP contribution in [0.15, 0.2) is 30.7 Å². The Morgan fingerprint density at radius 1 is 1.04 bits per heavy atom. The second-order valence-corrected chi connectivity index (χ2v) is 6.59. The van der Waals surface area contributed by atoms with Crippen LogP contribution in [0.25, 0.3) is 5.65 Å². The lowest BCUT2D eigenvalue weighted by Crippen LogP contribution is -2.05. The van der Waals surface area contributed by atoms with Crippen LogP contribution >= 0.6 is 0 Å². The van der Waals surface area contributed by atoms with Gasteiger partial charge in [0.25, 0.3) is 0 Å². The van der Waals surface area contributed by atoms with E-state index in [-0.39, 0.29) is 6.04 Å². The number of imidazole rings is 2. The number of aliphatic hydroxyl groups is 2. The second kappa shape index (κ2) is 4.66. The molecule has 2 aliphatic rings. The summed E-state index contributed by atoms with van der Waals surface area (Å²) in [6.45, 7) is 0. The highest BCUT2D eigenvalue weighted by Crippen LogP contribution is 2.40. The third kappa shape index (κ3) is 2.09. The van der Waals surface area contributed by atoms with Crippen LogP contribution in [0.1, 0.15) is 60.3 Å². The zero-order valence-electron chi connectivity index (χ0n) is 12.6. The number of fused-ring (bicyclic) bond motifs is 2. The van der Waals surface area contributed by atoms with Crippen LogP contribution in [-0.2, 0) is 6.42 Å². The molecule has 23 heavy (non-hydrogen) atoms. The number of pyridine rings is 1. The van der Waals surface area contributed by atoms with Crippen molar-refractivity contribution in [3.8, 4) is 0 Å². The average Bonchev–Trinajstić information content (AvgIpc) is 2.99. The number of rotatable bonds is 3. The van der Waals surface area contributed by atoms with Gasteiger partial charge in [0, 0.05) is 25.0 Å². The van der Waals surface area contributed by atoms with Gasteiger partial charge in [-0.1, -0.05) is 6.07 Å². The van der Waals surface area contributed by atoms with Crippen molar-refractivity contribution < 1.29 is 10.2 Å². The molecule has 1 saturated carbocycles. The minimum absolute atomic E-state index is 0.120. The van der Waals surface area contributed by atoms with Crippen LogP contribution in [0.4, 0.5) is 0 Å². The summed E-state index contributed by atoms with van der Waals surface area (Å²) in [6, 6.07) is 4.39. The molecule has 1 unspecified atom stereocenters. The van der Waals surface area contributed by atoms with Gasteiger partial charge in [0.15, 0.2) is 6.29 Å². The van der Waals surface area contributed by atoms with Crippen molar-refractivity contribution in [2.45, 2.75) is 43.9 Å². The highest BCUT2D eigenvalue weighted by molar-refractivity contribution is 5.43. The monoisotopic (exact) mass is 310 g/mol. The first-order valence-electron chi connectivity index (χ1n) is 8.11. The predicted octanol–water partition coefficient (Wildman–Crippen LogP) is 1.93. The van der Waals surface area contributed by atoms with Gasteiger partial charge in [0.2, 0.25) is 0 Å². The van der Waals surface area contributed by atoms with Crippen LogP contribution in [-0.4, -0.2) is 29.1 Å². The molecule has 2 N–H and O–H groups in total. The lowest BCUT2D eigenvalue weighted by Gasteiger charge is -2.09. The zero-order chi connectivity index (χ0) is 15.6. The van der Waals surface area contributed by atoms with Crippen LogP contribution in [0.3, 0.4) is 0 Å². The van der Waals surface area contributed by atoms with Crippen molar-refractivity contribution in [2.75, 3.05) is 0 Å². The maximum absolute atomic E-state index is 9.30. The lowest BCUT2D eigenvalue weighted by atomic mass is 10.1. The third-order valence-corrected chi connectivity index (χ3v) is 4.95. The fraction of sp³-hybridized carbons (Fsp3) is 0.412. The Morgan fingerprint density at radius 2 is 1.91 bits per heavy atom. The SMILES string of the molecule is OC(O)c1cn2c(n1)CCC2c1cn2cc(C3CC3)ccc2n1. The average molecular weight is 310 g/mol. The molecule has 3 aromatic rings. The summed E-state index contributed by atoms with van der Waals surface area (Å²) in [4.78, 5) is 9.05. The van der Waals surface area contributed by atoms with Crippen molar-refractivity contribution in [3.05, 3.63) is 53.5 Å². The molecule has 4 heterocycles. The van der Waals surface area contributed by atoms with E-state index in [4.69, 9.17) is 4.98 Å². The van der Waals surface area contributed by atoms with Gasteiger partial charge in [-0.25, -0.2) is 9.97 Å². The molecular formula is C17H18N4O2. The van der Waals surface area contributed by atoms with Crippen molar-refractivity contribution in [1.29, 1.82) is 0 Å². The Bertz CT molecular complexity index is 891. The first-order valence-corrected chi connectivity index (χ1v) is 8.11. The normalized spacial score (nSPS) is 20.6. The number of hydrogen-bond acceptors (Lipinski definition) is 4. The van der Waals surface area contributed by atoms with E-state index in [1.54, 1.807) is 6.20 Å². The van der Waals surface area contributed by atoms with Crippen molar-refractivity contribution >= 4 is 5.65 Å². The zero-order valence-corrected chi connectivity index (χ0v) is 12.6. The molecule has 6 heteroatoms. The topological polar surface area (TPSA) is 75.6 Å². The maximum Gasteiger partial charge on any atom is 0.197 e. The molecule has 0 amide bonds.